The number of methoxy groups -OCH3 is 1. The van der Waals surface area contributed by atoms with Crippen LogP contribution in [0.4, 0.5) is 5.00 Å². The summed E-state index contributed by atoms with van der Waals surface area (Å²) in [6.45, 7) is 1.46. The number of carbonyl (C=O) groups excluding carboxylic acids is 2. The predicted molar refractivity (Wildman–Crippen MR) is 93.2 cm³/mol. The van der Waals surface area contributed by atoms with E-state index < -0.39 is 18.0 Å². The van der Waals surface area contributed by atoms with Crippen molar-refractivity contribution in [3.63, 3.8) is 0 Å². The maximum atomic E-state index is 12.1. The molecule has 0 aliphatic carbocycles. The Hall–Kier alpha value is -2.37. The van der Waals surface area contributed by atoms with Gasteiger partial charge in [0.15, 0.2) is 6.10 Å². The Labute approximate surface area is 151 Å². The highest BCUT2D eigenvalue weighted by molar-refractivity contribution is 9.10. The van der Waals surface area contributed by atoms with Gasteiger partial charge in [-0.15, -0.1) is 11.3 Å². The second-order valence-corrected chi connectivity index (χ2v) is 6.43. The number of halogens is 1. The number of thiophene rings is 1. The third-order valence-corrected chi connectivity index (χ3v) is 4.51. The predicted octanol–water partition coefficient (Wildman–Crippen LogP) is 3.57. The number of benzene rings is 1. The van der Waals surface area contributed by atoms with Crippen LogP contribution in [0.3, 0.4) is 0 Å². The first-order valence-corrected chi connectivity index (χ1v) is 8.46. The number of anilines is 1. The summed E-state index contributed by atoms with van der Waals surface area (Å²) < 4.78 is 10.9. The van der Waals surface area contributed by atoms with Crippen LogP contribution in [-0.2, 0) is 9.53 Å². The largest absolute Gasteiger partial charge is 0.496 e. The van der Waals surface area contributed by atoms with Crippen molar-refractivity contribution in [2.75, 3.05) is 12.4 Å². The van der Waals surface area contributed by atoms with Gasteiger partial charge in [-0.3, -0.25) is 4.79 Å². The number of carbonyl (C=O) groups is 2. The minimum Gasteiger partial charge on any atom is -0.496 e. The Morgan fingerprint density at radius 2 is 2.12 bits per heavy atom. The molecule has 0 spiro atoms. The lowest BCUT2D eigenvalue weighted by atomic mass is 10.2. The van der Waals surface area contributed by atoms with Crippen LogP contribution in [-0.4, -0.2) is 25.1 Å². The van der Waals surface area contributed by atoms with Crippen LogP contribution in [0.5, 0.6) is 5.75 Å². The van der Waals surface area contributed by atoms with Crippen LogP contribution in [0.15, 0.2) is 34.1 Å². The lowest BCUT2D eigenvalue weighted by molar-refractivity contribution is -0.123. The highest BCUT2D eigenvalue weighted by atomic mass is 79.9. The summed E-state index contributed by atoms with van der Waals surface area (Å²) in [5.41, 5.74) is 0.655. The van der Waals surface area contributed by atoms with E-state index in [1.165, 1.54) is 25.4 Å². The van der Waals surface area contributed by atoms with Crippen molar-refractivity contribution in [3.05, 3.63) is 45.2 Å². The van der Waals surface area contributed by atoms with Crippen LogP contribution in [0.25, 0.3) is 0 Å². The summed E-state index contributed by atoms with van der Waals surface area (Å²) in [6.07, 6.45) is -1.01. The number of nitriles is 1. The molecule has 124 valence electrons. The normalized spacial score (nSPS) is 11.2. The number of rotatable bonds is 5. The van der Waals surface area contributed by atoms with Crippen molar-refractivity contribution in [1.29, 1.82) is 5.26 Å². The number of nitrogens with one attached hydrogen (secondary N) is 1. The van der Waals surface area contributed by atoms with Crippen LogP contribution in [0.2, 0.25) is 0 Å². The molecule has 1 N–H and O–H groups in total. The van der Waals surface area contributed by atoms with E-state index in [0.29, 0.717) is 20.8 Å². The summed E-state index contributed by atoms with van der Waals surface area (Å²) in [4.78, 5) is 24.2. The first-order chi connectivity index (χ1) is 11.5. The van der Waals surface area contributed by atoms with Gasteiger partial charge in [0.1, 0.15) is 16.8 Å². The fraction of sp³-hybridized carbons (Fsp3) is 0.188. The van der Waals surface area contributed by atoms with E-state index in [2.05, 4.69) is 21.2 Å². The fourth-order valence-corrected chi connectivity index (χ4v) is 3.06. The van der Waals surface area contributed by atoms with Gasteiger partial charge in [-0.1, -0.05) is 0 Å². The third kappa shape index (κ3) is 4.13. The Bertz CT molecular complexity index is 813. The quantitative estimate of drug-likeness (QED) is 0.763. The van der Waals surface area contributed by atoms with Gasteiger partial charge in [-0.2, -0.15) is 5.26 Å². The SMILES string of the molecule is COc1ccc(C(=O)O[C@H](C)C(=O)Nc2sccc2C#N)cc1Br. The van der Waals surface area contributed by atoms with Gasteiger partial charge in [0, 0.05) is 0 Å². The molecule has 0 fully saturated rings. The molecule has 24 heavy (non-hydrogen) atoms. The van der Waals surface area contributed by atoms with E-state index in [1.807, 2.05) is 6.07 Å². The summed E-state index contributed by atoms with van der Waals surface area (Å²) in [6, 6.07) is 8.30. The summed E-state index contributed by atoms with van der Waals surface area (Å²) in [5.74, 6) is -0.554. The molecule has 0 aliphatic heterocycles. The van der Waals surface area contributed by atoms with Crippen molar-refractivity contribution in [2.24, 2.45) is 0 Å². The standard InChI is InChI=1S/C16H13BrN2O4S/c1-9(14(20)19-15-11(8-18)5-6-24-15)23-16(21)10-3-4-13(22-2)12(17)7-10/h3-7,9H,1-2H3,(H,19,20)/t9-/m1/s1. The van der Waals surface area contributed by atoms with Gasteiger partial charge in [0.05, 0.1) is 22.7 Å². The molecule has 1 atom stereocenters. The van der Waals surface area contributed by atoms with Crippen molar-refractivity contribution in [2.45, 2.75) is 13.0 Å². The van der Waals surface area contributed by atoms with Crippen LogP contribution < -0.4 is 10.1 Å². The second kappa shape index (κ2) is 7.95. The first-order valence-electron chi connectivity index (χ1n) is 6.79. The minimum atomic E-state index is -1.01. The second-order valence-electron chi connectivity index (χ2n) is 4.66. The summed E-state index contributed by atoms with van der Waals surface area (Å²) >= 11 is 4.51. The molecular formula is C16H13BrN2O4S. The van der Waals surface area contributed by atoms with Gasteiger partial charge in [0.2, 0.25) is 0 Å². The molecule has 0 unspecified atom stereocenters. The zero-order chi connectivity index (χ0) is 17.7. The molecule has 1 amide bonds. The number of ether oxygens (including phenoxy) is 2. The average Bonchev–Trinajstić information content (AvgIpc) is 3.01. The molecule has 0 aliphatic rings. The van der Waals surface area contributed by atoms with E-state index in [-0.39, 0.29) is 5.56 Å². The maximum absolute atomic E-state index is 12.1. The molecule has 1 aromatic carbocycles. The number of esters is 1. The van der Waals surface area contributed by atoms with Crippen LogP contribution in [0.1, 0.15) is 22.8 Å². The Balaban J connectivity index is 2.02. The minimum absolute atomic E-state index is 0.288. The third-order valence-electron chi connectivity index (χ3n) is 3.06. The Morgan fingerprint density at radius 3 is 2.75 bits per heavy atom. The first kappa shape index (κ1) is 18.0. The van der Waals surface area contributed by atoms with E-state index >= 15 is 0 Å². The van der Waals surface area contributed by atoms with Crippen molar-refractivity contribution in [1.82, 2.24) is 0 Å². The topological polar surface area (TPSA) is 88.4 Å². The van der Waals surface area contributed by atoms with Crippen molar-refractivity contribution >= 4 is 44.1 Å². The highest BCUT2D eigenvalue weighted by Gasteiger charge is 2.21. The Morgan fingerprint density at radius 1 is 1.38 bits per heavy atom. The molecule has 8 heteroatoms. The lowest BCUT2D eigenvalue weighted by Crippen LogP contribution is -2.29. The maximum Gasteiger partial charge on any atom is 0.338 e. The van der Waals surface area contributed by atoms with E-state index in [4.69, 9.17) is 14.7 Å². The zero-order valence-corrected chi connectivity index (χ0v) is 15.2. The molecular weight excluding hydrogens is 396 g/mol. The average molecular weight is 409 g/mol. The Kier molecular flexibility index (Phi) is 5.95. The molecule has 0 saturated heterocycles. The molecule has 1 aromatic heterocycles. The van der Waals surface area contributed by atoms with E-state index in [0.717, 1.165) is 0 Å². The smallest absolute Gasteiger partial charge is 0.338 e. The van der Waals surface area contributed by atoms with Crippen LogP contribution in [0, 0.1) is 11.3 Å². The fourth-order valence-electron chi connectivity index (χ4n) is 1.78. The molecule has 6 nitrogen and oxygen atoms in total. The molecule has 1 heterocycles. The number of hydrogen-bond acceptors (Lipinski definition) is 6. The monoisotopic (exact) mass is 408 g/mol. The van der Waals surface area contributed by atoms with Crippen molar-refractivity contribution in [3.8, 4) is 11.8 Å². The number of hydrogen-bond donors (Lipinski definition) is 1. The van der Waals surface area contributed by atoms with Gasteiger partial charge >= 0.3 is 5.97 Å². The van der Waals surface area contributed by atoms with Gasteiger partial charge in [0.25, 0.3) is 5.91 Å². The molecule has 0 saturated carbocycles. The molecule has 2 rings (SSSR count). The van der Waals surface area contributed by atoms with Crippen molar-refractivity contribution < 1.29 is 19.1 Å². The van der Waals surface area contributed by atoms with E-state index in [9.17, 15) is 9.59 Å². The van der Waals surface area contributed by atoms with Crippen LogP contribution >= 0.6 is 27.3 Å². The summed E-state index contributed by atoms with van der Waals surface area (Å²) in [7, 11) is 1.52. The van der Waals surface area contributed by atoms with E-state index in [1.54, 1.807) is 29.6 Å². The number of nitrogens with zero attached hydrogens (tertiary/aromatic N) is 1. The summed E-state index contributed by atoms with van der Waals surface area (Å²) in [5, 5.41) is 13.6. The molecule has 0 bridgehead atoms. The van der Waals surface area contributed by atoms with Gasteiger partial charge in [-0.25, -0.2) is 4.79 Å². The zero-order valence-electron chi connectivity index (χ0n) is 12.8. The molecule has 0 radical (unpaired) electrons. The van der Waals surface area contributed by atoms with Gasteiger partial charge < -0.3 is 14.8 Å². The highest BCUT2D eigenvalue weighted by Crippen LogP contribution is 2.26. The number of amides is 1. The van der Waals surface area contributed by atoms with Gasteiger partial charge in [-0.05, 0) is 52.5 Å². The molecule has 2 aromatic rings. The lowest BCUT2D eigenvalue weighted by Gasteiger charge is -2.13.